The molecule has 0 aromatic carbocycles. The van der Waals surface area contributed by atoms with E-state index in [-0.39, 0.29) is 0 Å². The second-order valence-electron chi connectivity index (χ2n) is 3.00. The fourth-order valence-corrected chi connectivity index (χ4v) is 1.19. The number of hydrogen-bond acceptors (Lipinski definition) is 4. The van der Waals surface area contributed by atoms with E-state index < -0.39 is 11.8 Å². The number of hydrogen-bond donors (Lipinski definition) is 0. The number of rotatable bonds is 2. The standard InChI is InChI=1S/C10H8FN3O2/c1-16-10(15)7-2-3-9(12-4-7)14-6-8(11)5-13-14/h2-6H,1H3. The highest BCUT2D eigenvalue weighted by molar-refractivity contribution is 5.88. The molecule has 5 nitrogen and oxygen atoms in total. The minimum absolute atomic E-state index is 0.332. The number of carbonyl (C=O) groups is 1. The van der Waals surface area contributed by atoms with Crippen LogP contribution in [-0.4, -0.2) is 27.8 Å². The Bertz CT molecular complexity index is 507. The van der Waals surface area contributed by atoms with E-state index in [0.717, 1.165) is 6.20 Å². The third-order valence-electron chi connectivity index (χ3n) is 1.95. The molecular weight excluding hydrogens is 213 g/mol. The maximum atomic E-state index is 12.7. The maximum Gasteiger partial charge on any atom is 0.339 e. The third kappa shape index (κ3) is 1.90. The number of methoxy groups -OCH3 is 1. The molecule has 2 aromatic rings. The molecule has 82 valence electrons. The van der Waals surface area contributed by atoms with Gasteiger partial charge in [0.05, 0.1) is 25.1 Å². The van der Waals surface area contributed by atoms with Crippen molar-refractivity contribution in [1.29, 1.82) is 0 Å². The molecule has 0 unspecified atom stereocenters. The molecule has 0 fully saturated rings. The molecule has 6 heteroatoms. The van der Waals surface area contributed by atoms with Crippen LogP contribution in [0.2, 0.25) is 0 Å². The number of carbonyl (C=O) groups excluding carboxylic acids is 1. The molecule has 0 saturated heterocycles. The SMILES string of the molecule is COC(=O)c1ccc(-n2cc(F)cn2)nc1. The van der Waals surface area contributed by atoms with Gasteiger partial charge in [-0.15, -0.1) is 0 Å². The topological polar surface area (TPSA) is 57.0 Å². The fourth-order valence-electron chi connectivity index (χ4n) is 1.19. The minimum Gasteiger partial charge on any atom is -0.465 e. The third-order valence-corrected chi connectivity index (χ3v) is 1.95. The highest BCUT2D eigenvalue weighted by Crippen LogP contribution is 2.06. The summed E-state index contributed by atoms with van der Waals surface area (Å²) in [5.41, 5.74) is 0.332. The van der Waals surface area contributed by atoms with Crippen molar-refractivity contribution in [2.45, 2.75) is 0 Å². The fraction of sp³-hybridized carbons (Fsp3) is 0.100. The first kappa shape index (κ1) is 10.3. The molecule has 16 heavy (non-hydrogen) atoms. The largest absolute Gasteiger partial charge is 0.465 e. The van der Waals surface area contributed by atoms with Crippen molar-refractivity contribution >= 4 is 5.97 Å². The lowest BCUT2D eigenvalue weighted by Crippen LogP contribution is -2.04. The summed E-state index contributed by atoms with van der Waals surface area (Å²) < 4.78 is 18.5. The molecule has 0 spiro atoms. The normalized spacial score (nSPS) is 10.1. The summed E-state index contributed by atoms with van der Waals surface area (Å²) in [7, 11) is 1.29. The van der Waals surface area contributed by atoms with E-state index in [2.05, 4.69) is 14.8 Å². The first-order valence-corrected chi connectivity index (χ1v) is 4.45. The van der Waals surface area contributed by atoms with Crippen LogP contribution in [0.5, 0.6) is 0 Å². The van der Waals surface area contributed by atoms with Crippen LogP contribution >= 0.6 is 0 Å². The van der Waals surface area contributed by atoms with Crippen LogP contribution in [0.1, 0.15) is 10.4 Å². The van der Waals surface area contributed by atoms with Gasteiger partial charge < -0.3 is 4.74 Å². The molecule has 0 N–H and O–H groups in total. The van der Waals surface area contributed by atoms with Crippen molar-refractivity contribution in [2.24, 2.45) is 0 Å². The molecule has 0 aliphatic carbocycles. The molecule has 0 aliphatic rings. The van der Waals surface area contributed by atoms with Crippen LogP contribution in [0.4, 0.5) is 4.39 Å². The highest BCUT2D eigenvalue weighted by atomic mass is 19.1. The number of halogens is 1. The zero-order valence-corrected chi connectivity index (χ0v) is 8.42. The Balaban J connectivity index is 2.29. The van der Waals surface area contributed by atoms with Crippen LogP contribution in [0.3, 0.4) is 0 Å². The lowest BCUT2D eigenvalue weighted by atomic mass is 10.3. The Hall–Kier alpha value is -2.24. The molecule has 2 aromatic heterocycles. The molecular formula is C10H8FN3O2. The van der Waals surface area contributed by atoms with Crippen molar-refractivity contribution in [2.75, 3.05) is 7.11 Å². The Morgan fingerprint density at radius 1 is 1.44 bits per heavy atom. The van der Waals surface area contributed by atoms with E-state index in [1.807, 2.05) is 0 Å². The number of ether oxygens (including phenoxy) is 1. The van der Waals surface area contributed by atoms with Gasteiger partial charge in [-0.3, -0.25) is 0 Å². The summed E-state index contributed by atoms with van der Waals surface area (Å²) in [6, 6.07) is 3.09. The van der Waals surface area contributed by atoms with E-state index in [0.29, 0.717) is 11.4 Å². The summed E-state index contributed by atoms with van der Waals surface area (Å²) in [5, 5.41) is 3.74. The van der Waals surface area contributed by atoms with Gasteiger partial charge in [-0.25, -0.2) is 18.9 Å². The van der Waals surface area contributed by atoms with Gasteiger partial charge in [0.25, 0.3) is 0 Å². The highest BCUT2D eigenvalue weighted by Gasteiger charge is 2.06. The van der Waals surface area contributed by atoms with E-state index in [1.165, 1.54) is 30.3 Å². The van der Waals surface area contributed by atoms with Crippen molar-refractivity contribution in [3.8, 4) is 5.82 Å². The smallest absolute Gasteiger partial charge is 0.339 e. The molecule has 2 rings (SSSR count). The molecule has 0 bridgehead atoms. The van der Waals surface area contributed by atoms with Crippen LogP contribution in [-0.2, 0) is 4.74 Å². The average Bonchev–Trinajstić information content (AvgIpc) is 2.75. The Morgan fingerprint density at radius 2 is 2.25 bits per heavy atom. The average molecular weight is 221 g/mol. The molecule has 0 radical (unpaired) electrons. The van der Waals surface area contributed by atoms with Gasteiger partial charge in [0, 0.05) is 6.20 Å². The minimum atomic E-state index is -0.467. The summed E-state index contributed by atoms with van der Waals surface area (Å²) in [6.07, 6.45) is 3.62. The lowest BCUT2D eigenvalue weighted by Gasteiger charge is -2.01. The van der Waals surface area contributed by atoms with Crippen molar-refractivity contribution in [3.05, 3.63) is 42.1 Å². The zero-order chi connectivity index (χ0) is 11.5. The van der Waals surface area contributed by atoms with Gasteiger partial charge in [-0.05, 0) is 12.1 Å². The van der Waals surface area contributed by atoms with Gasteiger partial charge in [0.2, 0.25) is 0 Å². The van der Waals surface area contributed by atoms with Crippen molar-refractivity contribution in [1.82, 2.24) is 14.8 Å². The van der Waals surface area contributed by atoms with Crippen LogP contribution in [0.15, 0.2) is 30.7 Å². The second kappa shape index (κ2) is 4.09. The van der Waals surface area contributed by atoms with Crippen LogP contribution < -0.4 is 0 Å². The molecule has 0 aliphatic heterocycles. The predicted molar refractivity (Wildman–Crippen MR) is 52.7 cm³/mol. The summed E-state index contributed by atoms with van der Waals surface area (Å²) >= 11 is 0. The second-order valence-corrected chi connectivity index (χ2v) is 3.00. The molecule has 0 saturated carbocycles. The maximum absolute atomic E-state index is 12.7. The number of nitrogens with zero attached hydrogens (tertiary/aromatic N) is 3. The summed E-state index contributed by atoms with van der Waals surface area (Å²) in [5.74, 6) is -0.485. The van der Waals surface area contributed by atoms with Gasteiger partial charge in [-0.2, -0.15) is 5.10 Å². The number of pyridine rings is 1. The lowest BCUT2D eigenvalue weighted by molar-refractivity contribution is 0.0600. The quantitative estimate of drug-likeness (QED) is 0.715. The summed E-state index contributed by atoms with van der Waals surface area (Å²) in [4.78, 5) is 15.1. The first-order chi connectivity index (χ1) is 7.70. The Morgan fingerprint density at radius 3 is 2.75 bits per heavy atom. The molecule has 0 atom stereocenters. The Labute approximate surface area is 90.5 Å². The monoisotopic (exact) mass is 221 g/mol. The van der Waals surface area contributed by atoms with Gasteiger partial charge in [-0.1, -0.05) is 0 Å². The Kier molecular flexibility index (Phi) is 2.63. The van der Waals surface area contributed by atoms with E-state index in [9.17, 15) is 9.18 Å². The van der Waals surface area contributed by atoms with Crippen LogP contribution in [0.25, 0.3) is 5.82 Å². The van der Waals surface area contributed by atoms with Gasteiger partial charge >= 0.3 is 5.97 Å². The number of aromatic nitrogens is 3. The summed E-state index contributed by atoms with van der Waals surface area (Å²) in [6.45, 7) is 0. The van der Waals surface area contributed by atoms with Crippen molar-refractivity contribution in [3.63, 3.8) is 0 Å². The number of esters is 1. The van der Waals surface area contributed by atoms with Crippen molar-refractivity contribution < 1.29 is 13.9 Å². The van der Waals surface area contributed by atoms with Gasteiger partial charge in [0.15, 0.2) is 11.6 Å². The molecule has 2 heterocycles. The van der Waals surface area contributed by atoms with Gasteiger partial charge in [0.1, 0.15) is 0 Å². The molecule has 0 amide bonds. The van der Waals surface area contributed by atoms with E-state index in [4.69, 9.17) is 0 Å². The van der Waals surface area contributed by atoms with Crippen LogP contribution in [0, 0.1) is 5.82 Å². The first-order valence-electron chi connectivity index (χ1n) is 4.45. The van der Waals surface area contributed by atoms with E-state index in [1.54, 1.807) is 6.07 Å². The van der Waals surface area contributed by atoms with E-state index >= 15 is 0 Å². The zero-order valence-electron chi connectivity index (χ0n) is 8.42. The predicted octanol–water partition coefficient (Wildman–Crippen LogP) is 1.19.